The Morgan fingerprint density at radius 3 is 1.65 bits per heavy atom. The molecular weight excluding hydrogens is 556 g/mol. The lowest BCUT2D eigenvalue weighted by atomic mass is 10.0. The second-order valence-corrected chi connectivity index (χ2v) is 11.8. The zero-order valence-electron chi connectivity index (χ0n) is 25.2. The Labute approximate surface area is 268 Å². The van der Waals surface area contributed by atoms with E-state index in [0.29, 0.717) is 0 Å². The summed E-state index contributed by atoms with van der Waals surface area (Å²) in [4.78, 5) is 0. The summed E-state index contributed by atoms with van der Waals surface area (Å²) in [6.07, 6.45) is 0. The summed E-state index contributed by atoms with van der Waals surface area (Å²) in [6.45, 7) is 0. The van der Waals surface area contributed by atoms with Crippen LogP contribution < -0.4 is 0 Å². The van der Waals surface area contributed by atoms with Gasteiger partial charge in [-0.25, -0.2) is 0 Å². The van der Waals surface area contributed by atoms with Crippen LogP contribution in [-0.4, -0.2) is 9.13 Å². The predicted octanol–water partition coefficient (Wildman–Crippen LogP) is 11.7. The standard InChI is InChI=1S/C44H30N2/c1-4-14-32(15-5-1)42-30-37-27-34(25-26-40(37)45(42)38-19-8-3-9-20-38)35-23-24-36-29-43(33-16-6-2-7-17-33)46(44(36)28-35)41-22-12-18-31-13-10-11-21-39(31)41/h1-30H. The van der Waals surface area contributed by atoms with Gasteiger partial charge in [-0.2, -0.15) is 0 Å². The van der Waals surface area contributed by atoms with E-state index in [1.807, 2.05) is 0 Å². The van der Waals surface area contributed by atoms with Crippen LogP contribution in [0.1, 0.15) is 0 Å². The molecule has 0 spiro atoms. The molecule has 0 saturated carbocycles. The zero-order valence-corrected chi connectivity index (χ0v) is 25.2. The van der Waals surface area contributed by atoms with Crippen LogP contribution in [0.15, 0.2) is 182 Å². The lowest BCUT2D eigenvalue weighted by Gasteiger charge is -2.15. The van der Waals surface area contributed by atoms with Crippen molar-refractivity contribution >= 4 is 32.6 Å². The summed E-state index contributed by atoms with van der Waals surface area (Å²) in [5.74, 6) is 0. The number of fused-ring (bicyclic) bond motifs is 3. The van der Waals surface area contributed by atoms with E-state index in [9.17, 15) is 0 Å². The molecule has 0 bridgehead atoms. The first-order chi connectivity index (χ1) is 22.8. The van der Waals surface area contributed by atoms with Crippen molar-refractivity contribution in [3.63, 3.8) is 0 Å². The SMILES string of the molecule is c1ccc(-c2cc3cc(-c4ccc5cc(-c6ccccc6)n(-c6cccc7ccccc67)c5c4)ccc3n2-c2ccccc2)cc1. The van der Waals surface area contributed by atoms with E-state index in [-0.39, 0.29) is 0 Å². The second-order valence-electron chi connectivity index (χ2n) is 11.8. The lowest BCUT2D eigenvalue weighted by Crippen LogP contribution is -1.98. The van der Waals surface area contributed by atoms with Crippen molar-refractivity contribution in [3.05, 3.63) is 182 Å². The van der Waals surface area contributed by atoms with E-state index in [1.54, 1.807) is 0 Å². The molecule has 2 heterocycles. The van der Waals surface area contributed by atoms with E-state index in [2.05, 4.69) is 191 Å². The van der Waals surface area contributed by atoms with E-state index >= 15 is 0 Å². The van der Waals surface area contributed by atoms with Gasteiger partial charge in [0.05, 0.1) is 28.1 Å². The molecule has 9 aromatic rings. The van der Waals surface area contributed by atoms with Crippen molar-refractivity contribution in [1.82, 2.24) is 9.13 Å². The molecule has 216 valence electrons. The third-order valence-electron chi connectivity index (χ3n) is 9.10. The molecule has 0 N–H and O–H groups in total. The first kappa shape index (κ1) is 26.3. The van der Waals surface area contributed by atoms with Gasteiger partial charge in [0.1, 0.15) is 0 Å². The van der Waals surface area contributed by atoms with Crippen molar-refractivity contribution in [3.8, 4) is 45.0 Å². The van der Waals surface area contributed by atoms with Crippen molar-refractivity contribution < 1.29 is 0 Å². The molecule has 0 unspecified atom stereocenters. The number of hydrogen-bond donors (Lipinski definition) is 0. The summed E-state index contributed by atoms with van der Waals surface area (Å²) in [6, 6.07) is 65.7. The minimum atomic E-state index is 1.16. The summed E-state index contributed by atoms with van der Waals surface area (Å²) in [5, 5.41) is 4.91. The number of para-hydroxylation sites is 1. The number of nitrogens with zero attached hydrogens (tertiary/aromatic N) is 2. The van der Waals surface area contributed by atoms with E-state index in [1.165, 1.54) is 71.9 Å². The molecule has 0 aliphatic carbocycles. The van der Waals surface area contributed by atoms with Gasteiger partial charge in [0, 0.05) is 21.8 Å². The van der Waals surface area contributed by atoms with Crippen LogP contribution in [0.3, 0.4) is 0 Å². The number of benzene rings is 7. The Kier molecular flexibility index (Phi) is 6.17. The normalized spacial score (nSPS) is 11.5. The first-order valence-corrected chi connectivity index (χ1v) is 15.8. The third-order valence-corrected chi connectivity index (χ3v) is 9.10. The van der Waals surface area contributed by atoms with Gasteiger partial charge in [-0.1, -0.05) is 133 Å². The Balaban J connectivity index is 1.26. The van der Waals surface area contributed by atoms with Gasteiger partial charge in [-0.3, -0.25) is 0 Å². The first-order valence-electron chi connectivity index (χ1n) is 15.8. The maximum atomic E-state index is 2.44. The van der Waals surface area contributed by atoms with Crippen molar-refractivity contribution in [2.75, 3.05) is 0 Å². The van der Waals surface area contributed by atoms with Crippen LogP contribution in [-0.2, 0) is 0 Å². The van der Waals surface area contributed by atoms with Crippen LogP contribution in [0, 0.1) is 0 Å². The molecule has 2 nitrogen and oxygen atoms in total. The zero-order chi connectivity index (χ0) is 30.5. The molecule has 2 aromatic heterocycles. The Morgan fingerprint density at radius 2 is 0.891 bits per heavy atom. The summed E-state index contributed by atoms with van der Waals surface area (Å²) in [5.41, 5.74) is 11.9. The number of aromatic nitrogens is 2. The highest BCUT2D eigenvalue weighted by Crippen LogP contribution is 2.38. The van der Waals surface area contributed by atoms with Gasteiger partial charge in [-0.05, 0) is 76.2 Å². The van der Waals surface area contributed by atoms with E-state index in [0.717, 1.165) is 5.69 Å². The summed E-state index contributed by atoms with van der Waals surface area (Å²) >= 11 is 0. The molecule has 0 aliphatic heterocycles. The van der Waals surface area contributed by atoms with Gasteiger partial charge in [0.25, 0.3) is 0 Å². The predicted molar refractivity (Wildman–Crippen MR) is 194 cm³/mol. The van der Waals surface area contributed by atoms with Crippen LogP contribution in [0.4, 0.5) is 0 Å². The summed E-state index contributed by atoms with van der Waals surface area (Å²) < 4.78 is 4.81. The second kappa shape index (κ2) is 10.8. The molecule has 0 atom stereocenters. The molecule has 9 rings (SSSR count). The molecule has 0 aliphatic rings. The third kappa shape index (κ3) is 4.35. The quantitative estimate of drug-likeness (QED) is 0.190. The van der Waals surface area contributed by atoms with Crippen LogP contribution >= 0.6 is 0 Å². The Bertz CT molecular complexity index is 2500. The average Bonchev–Trinajstić information content (AvgIpc) is 3.71. The smallest absolute Gasteiger partial charge is 0.0541 e. The maximum absolute atomic E-state index is 2.44. The van der Waals surface area contributed by atoms with Gasteiger partial charge in [0.15, 0.2) is 0 Å². The fraction of sp³-hybridized carbons (Fsp3) is 0. The van der Waals surface area contributed by atoms with E-state index in [4.69, 9.17) is 0 Å². The molecule has 2 heteroatoms. The number of hydrogen-bond acceptors (Lipinski definition) is 0. The average molecular weight is 587 g/mol. The van der Waals surface area contributed by atoms with Gasteiger partial charge in [0.2, 0.25) is 0 Å². The van der Waals surface area contributed by atoms with Crippen molar-refractivity contribution in [2.24, 2.45) is 0 Å². The monoisotopic (exact) mass is 586 g/mol. The lowest BCUT2D eigenvalue weighted by molar-refractivity contribution is 1.13. The Hall–Kier alpha value is -6.12. The Morgan fingerprint density at radius 1 is 0.304 bits per heavy atom. The summed E-state index contributed by atoms with van der Waals surface area (Å²) in [7, 11) is 0. The molecule has 46 heavy (non-hydrogen) atoms. The van der Waals surface area contributed by atoms with Crippen molar-refractivity contribution in [2.45, 2.75) is 0 Å². The van der Waals surface area contributed by atoms with E-state index < -0.39 is 0 Å². The minimum Gasteiger partial charge on any atom is -0.309 e. The van der Waals surface area contributed by atoms with Gasteiger partial charge >= 0.3 is 0 Å². The molecule has 0 fully saturated rings. The van der Waals surface area contributed by atoms with Gasteiger partial charge in [-0.15, -0.1) is 0 Å². The molecular formula is C44H30N2. The highest BCUT2D eigenvalue weighted by Gasteiger charge is 2.17. The van der Waals surface area contributed by atoms with Gasteiger partial charge < -0.3 is 9.13 Å². The highest BCUT2D eigenvalue weighted by atomic mass is 15.0. The van der Waals surface area contributed by atoms with Crippen LogP contribution in [0.5, 0.6) is 0 Å². The fourth-order valence-corrected chi connectivity index (χ4v) is 6.94. The molecule has 0 radical (unpaired) electrons. The molecule has 7 aromatic carbocycles. The van der Waals surface area contributed by atoms with Crippen molar-refractivity contribution in [1.29, 1.82) is 0 Å². The largest absolute Gasteiger partial charge is 0.309 e. The topological polar surface area (TPSA) is 9.86 Å². The van der Waals surface area contributed by atoms with Crippen LogP contribution in [0.25, 0.3) is 77.6 Å². The number of rotatable bonds is 5. The molecule has 0 amide bonds. The highest BCUT2D eigenvalue weighted by molar-refractivity contribution is 5.98. The molecule has 0 saturated heterocycles. The minimum absolute atomic E-state index is 1.16. The maximum Gasteiger partial charge on any atom is 0.0541 e. The fourth-order valence-electron chi connectivity index (χ4n) is 6.94. The van der Waals surface area contributed by atoms with Crippen LogP contribution in [0.2, 0.25) is 0 Å².